The fourth-order valence-corrected chi connectivity index (χ4v) is 2.23. The van der Waals surface area contributed by atoms with Gasteiger partial charge in [0.25, 0.3) is 0 Å². The summed E-state index contributed by atoms with van der Waals surface area (Å²) >= 11 is 0. The first-order valence-electron chi connectivity index (χ1n) is 7.12. The van der Waals surface area contributed by atoms with E-state index < -0.39 is 0 Å². The summed E-state index contributed by atoms with van der Waals surface area (Å²) in [5.41, 5.74) is 0.897. The Balaban J connectivity index is 1.70. The van der Waals surface area contributed by atoms with Crippen molar-refractivity contribution in [1.82, 2.24) is 10.5 Å². The molecule has 4 nitrogen and oxygen atoms in total. The number of aromatic nitrogens is 1. The molecule has 0 aliphatic carbocycles. The molecule has 2 aromatic carbocycles. The summed E-state index contributed by atoms with van der Waals surface area (Å²) in [4.78, 5) is 0. The second-order valence-electron chi connectivity index (χ2n) is 4.83. The van der Waals surface area contributed by atoms with E-state index in [0.29, 0.717) is 13.2 Å². The zero-order valence-electron chi connectivity index (χ0n) is 12.0. The van der Waals surface area contributed by atoms with Crippen molar-refractivity contribution >= 4 is 10.8 Å². The first-order valence-corrected chi connectivity index (χ1v) is 7.12. The molecule has 0 radical (unpaired) electrons. The molecule has 108 valence electrons. The predicted molar refractivity (Wildman–Crippen MR) is 82.2 cm³/mol. The molecule has 21 heavy (non-hydrogen) atoms. The molecule has 4 heteroatoms. The second-order valence-corrected chi connectivity index (χ2v) is 4.83. The Morgan fingerprint density at radius 1 is 1.14 bits per heavy atom. The molecular weight excluding hydrogens is 264 g/mol. The summed E-state index contributed by atoms with van der Waals surface area (Å²) in [6, 6.07) is 16.1. The van der Waals surface area contributed by atoms with E-state index in [0.717, 1.165) is 29.1 Å². The monoisotopic (exact) mass is 282 g/mol. The van der Waals surface area contributed by atoms with Crippen molar-refractivity contribution in [2.24, 2.45) is 0 Å². The molecular formula is C17H18N2O2. The van der Waals surface area contributed by atoms with Crippen LogP contribution in [0.15, 0.2) is 53.1 Å². The normalized spacial score (nSPS) is 10.9. The molecule has 0 aliphatic heterocycles. The van der Waals surface area contributed by atoms with Gasteiger partial charge < -0.3 is 14.6 Å². The van der Waals surface area contributed by atoms with Crippen LogP contribution in [0.3, 0.4) is 0 Å². The van der Waals surface area contributed by atoms with Gasteiger partial charge in [0.2, 0.25) is 0 Å². The van der Waals surface area contributed by atoms with Crippen LogP contribution in [0.25, 0.3) is 10.8 Å². The van der Waals surface area contributed by atoms with E-state index in [1.807, 2.05) is 30.3 Å². The van der Waals surface area contributed by atoms with Gasteiger partial charge in [0.1, 0.15) is 12.4 Å². The van der Waals surface area contributed by atoms with Crippen molar-refractivity contribution in [3.8, 4) is 5.75 Å². The van der Waals surface area contributed by atoms with Gasteiger partial charge in [-0.15, -0.1) is 0 Å². The van der Waals surface area contributed by atoms with Gasteiger partial charge in [-0.1, -0.05) is 48.5 Å². The summed E-state index contributed by atoms with van der Waals surface area (Å²) in [7, 11) is 0. The molecule has 0 atom stereocenters. The van der Waals surface area contributed by atoms with Crippen molar-refractivity contribution in [3.05, 3.63) is 60.0 Å². The molecule has 0 saturated carbocycles. The average molecular weight is 282 g/mol. The summed E-state index contributed by atoms with van der Waals surface area (Å²) < 4.78 is 11.1. The zero-order valence-corrected chi connectivity index (χ0v) is 12.0. The van der Waals surface area contributed by atoms with Crippen LogP contribution in [0.4, 0.5) is 0 Å². The number of nitrogens with one attached hydrogen (secondary N) is 1. The molecule has 1 heterocycles. The van der Waals surface area contributed by atoms with Gasteiger partial charge in [-0.05, 0) is 18.0 Å². The van der Waals surface area contributed by atoms with E-state index in [-0.39, 0.29) is 0 Å². The first-order chi connectivity index (χ1) is 10.4. The fourth-order valence-electron chi connectivity index (χ4n) is 2.23. The smallest absolute Gasteiger partial charge is 0.174 e. The molecule has 3 aromatic rings. The van der Waals surface area contributed by atoms with Crippen LogP contribution in [0.2, 0.25) is 0 Å². The molecule has 1 aromatic heterocycles. The van der Waals surface area contributed by atoms with E-state index >= 15 is 0 Å². The highest BCUT2D eigenvalue weighted by Crippen LogP contribution is 2.25. The molecule has 0 amide bonds. The van der Waals surface area contributed by atoms with Gasteiger partial charge in [-0.25, -0.2) is 0 Å². The maximum Gasteiger partial charge on any atom is 0.174 e. The maximum absolute atomic E-state index is 5.87. The summed E-state index contributed by atoms with van der Waals surface area (Å²) in [5.74, 6) is 1.59. The Bertz CT molecular complexity index is 716. The molecule has 0 fully saturated rings. The lowest BCUT2D eigenvalue weighted by Crippen LogP contribution is -2.11. The second kappa shape index (κ2) is 6.41. The van der Waals surface area contributed by atoms with Crippen LogP contribution in [0, 0.1) is 0 Å². The number of ether oxygens (including phenoxy) is 1. The van der Waals surface area contributed by atoms with Gasteiger partial charge in [0, 0.05) is 18.0 Å². The van der Waals surface area contributed by atoms with Crippen molar-refractivity contribution in [3.63, 3.8) is 0 Å². The Hall–Kier alpha value is -2.33. The van der Waals surface area contributed by atoms with Crippen molar-refractivity contribution < 1.29 is 9.26 Å². The Morgan fingerprint density at radius 2 is 2.00 bits per heavy atom. The Morgan fingerprint density at radius 3 is 2.90 bits per heavy atom. The summed E-state index contributed by atoms with van der Waals surface area (Å²) in [6.07, 6.45) is 0. The fraction of sp³-hybridized carbons (Fsp3) is 0.235. The number of benzene rings is 2. The van der Waals surface area contributed by atoms with E-state index in [1.165, 1.54) is 5.39 Å². The van der Waals surface area contributed by atoms with Crippen molar-refractivity contribution in [2.75, 3.05) is 6.54 Å². The Labute approximate surface area is 123 Å². The molecule has 0 spiro atoms. The van der Waals surface area contributed by atoms with E-state index in [1.54, 1.807) is 0 Å². The molecule has 0 aliphatic rings. The van der Waals surface area contributed by atoms with Gasteiger partial charge in [-0.2, -0.15) is 0 Å². The zero-order chi connectivity index (χ0) is 14.5. The van der Waals surface area contributed by atoms with Crippen LogP contribution in [-0.4, -0.2) is 11.7 Å². The maximum atomic E-state index is 5.87. The number of hydrogen-bond donors (Lipinski definition) is 1. The van der Waals surface area contributed by atoms with E-state index in [4.69, 9.17) is 9.26 Å². The topological polar surface area (TPSA) is 47.3 Å². The standard InChI is InChI=1S/C17H18N2O2/c1-2-18-11-14-10-15(21-19-14)12-20-17-9-5-7-13-6-3-4-8-16(13)17/h3-10,18H,2,11-12H2,1H3. The van der Waals surface area contributed by atoms with Gasteiger partial charge in [0.15, 0.2) is 5.76 Å². The largest absolute Gasteiger partial charge is 0.485 e. The number of hydrogen-bond acceptors (Lipinski definition) is 4. The number of nitrogens with zero attached hydrogens (tertiary/aromatic N) is 1. The van der Waals surface area contributed by atoms with E-state index in [9.17, 15) is 0 Å². The summed E-state index contributed by atoms with van der Waals surface area (Å²) in [6.45, 7) is 4.07. The minimum atomic E-state index is 0.382. The van der Waals surface area contributed by atoms with Crippen molar-refractivity contribution in [1.29, 1.82) is 0 Å². The molecule has 0 unspecified atom stereocenters. The highest BCUT2D eigenvalue weighted by atomic mass is 16.5. The molecule has 0 saturated heterocycles. The van der Waals surface area contributed by atoms with Crippen LogP contribution < -0.4 is 10.1 Å². The van der Waals surface area contributed by atoms with Gasteiger partial charge in [0.05, 0.1) is 5.69 Å². The Kier molecular flexibility index (Phi) is 4.17. The third-order valence-electron chi connectivity index (χ3n) is 3.28. The lowest BCUT2D eigenvalue weighted by Gasteiger charge is -2.07. The molecule has 1 N–H and O–H groups in total. The average Bonchev–Trinajstić information content (AvgIpc) is 2.99. The highest BCUT2D eigenvalue weighted by Gasteiger charge is 2.06. The minimum absolute atomic E-state index is 0.382. The SMILES string of the molecule is CCNCc1cc(COc2cccc3ccccc23)on1. The molecule has 3 rings (SSSR count). The van der Waals surface area contributed by atoms with Crippen LogP contribution in [0.1, 0.15) is 18.4 Å². The third kappa shape index (κ3) is 3.23. The summed E-state index contributed by atoms with van der Waals surface area (Å²) in [5, 5.41) is 9.49. The lowest BCUT2D eigenvalue weighted by atomic mass is 10.1. The van der Waals surface area contributed by atoms with Crippen LogP contribution in [-0.2, 0) is 13.2 Å². The van der Waals surface area contributed by atoms with E-state index in [2.05, 4.69) is 35.6 Å². The number of rotatable bonds is 6. The van der Waals surface area contributed by atoms with Crippen molar-refractivity contribution in [2.45, 2.75) is 20.1 Å². The third-order valence-corrected chi connectivity index (χ3v) is 3.28. The van der Waals surface area contributed by atoms with Gasteiger partial charge in [-0.3, -0.25) is 0 Å². The quantitative estimate of drug-likeness (QED) is 0.751. The first kappa shape index (κ1) is 13.6. The van der Waals surface area contributed by atoms with Crippen LogP contribution >= 0.6 is 0 Å². The van der Waals surface area contributed by atoms with Crippen LogP contribution in [0.5, 0.6) is 5.75 Å². The minimum Gasteiger partial charge on any atom is -0.485 e. The molecule has 0 bridgehead atoms. The highest BCUT2D eigenvalue weighted by molar-refractivity contribution is 5.88. The lowest BCUT2D eigenvalue weighted by molar-refractivity contribution is 0.250. The predicted octanol–water partition coefficient (Wildman–Crippen LogP) is 3.52. The number of fused-ring (bicyclic) bond motifs is 1. The van der Waals surface area contributed by atoms with Gasteiger partial charge >= 0.3 is 0 Å².